The zero-order valence-electron chi connectivity index (χ0n) is 15.4. The molecule has 29 heavy (non-hydrogen) atoms. The van der Waals surface area contributed by atoms with E-state index in [0.29, 0.717) is 0 Å². The topological polar surface area (TPSA) is 129 Å². The number of hydrogen-bond donors (Lipinski definition) is 2. The first-order valence-corrected chi connectivity index (χ1v) is 10.5. The molecule has 1 aromatic heterocycles. The predicted molar refractivity (Wildman–Crippen MR) is 104 cm³/mol. The average Bonchev–Trinajstić information content (AvgIpc) is 2.66. The summed E-state index contributed by atoms with van der Waals surface area (Å²) in [6.45, 7) is 0.803. The van der Waals surface area contributed by atoms with Crippen molar-refractivity contribution in [3.05, 3.63) is 57.2 Å². The Labute approximate surface area is 171 Å². The minimum Gasteiger partial charge on any atom is -0.312 e. The summed E-state index contributed by atoms with van der Waals surface area (Å²) in [5.41, 5.74) is 0.992. The number of pyridine rings is 1. The Morgan fingerprint density at radius 2 is 2.07 bits per heavy atom. The van der Waals surface area contributed by atoms with Crippen LogP contribution in [0.4, 0.5) is 4.39 Å². The van der Waals surface area contributed by atoms with Crippen molar-refractivity contribution in [2.24, 2.45) is 0 Å². The zero-order chi connectivity index (χ0) is 22.0. The summed E-state index contributed by atoms with van der Waals surface area (Å²) in [7, 11) is -3.96. The Balaban J connectivity index is 2.41. The van der Waals surface area contributed by atoms with Gasteiger partial charge in [-0.1, -0.05) is 17.7 Å². The van der Waals surface area contributed by atoms with Gasteiger partial charge < -0.3 is 4.57 Å². The third-order valence-corrected chi connectivity index (χ3v) is 7.06. The van der Waals surface area contributed by atoms with E-state index in [-0.39, 0.29) is 34.7 Å². The molecule has 0 aliphatic rings. The van der Waals surface area contributed by atoms with Crippen molar-refractivity contribution in [1.82, 2.24) is 10.0 Å². The number of nitriles is 1. The van der Waals surface area contributed by atoms with Crippen molar-refractivity contribution in [3.63, 3.8) is 0 Å². The first-order chi connectivity index (χ1) is 13.4. The van der Waals surface area contributed by atoms with Crippen molar-refractivity contribution in [1.29, 1.82) is 5.26 Å². The number of aryl methyl sites for hydroxylation is 1. The SMILES string of the molecule is CC(CCn1cc(F)c(-c2ccc(Cl)c(C#N)c2)cc1=O)(C(=O)NO)S(C)(=O)=O. The molecule has 0 saturated heterocycles. The number of hydroxylamine groups is 1. The molecule has 1 atom stereocenters. The smallest absolute Gasteiger partial charge is 0.264 e. The summed E-state index contributed by atoms with van der Waals surface area (Å²) in [6.07, 6.45) is 1.33. The van der Waals surface area contributed by atoms with Crippen LogP contribution in [0.2, 0.25) is 5.02 Å². The van der Waals surface area contributed by atoms with Crippen molar-refractivity contribution in [3.8, 4) is 17.2 Å². The summed E-state index contributed by atoms with van der Waals surface area (Å²) >= 11 is 5.86. The number of rotatable bonds is 6. The molecule has 1 amide bonds. The third-order valence-electron chi connectivity index (χ3n) is 4.71. The maximum atomic E-state index is 14.6. The molecule has 2 N–H and O–H groups in total. The maximum Gasteiger partial charge on any atom is 0.264 e. The molecule has 8 nitrogen and oxygen atoms in total. The van der Waals surface area contributed by atoms with Gasteiger partial charge in [0.25, 0.3) is 11.5 Å². The molecule has 1 unspecified atom stereocenters. The summed E-state index contributed by atoms with van der Waals surface area (Å²) < 4.78 is 37.5. The van der Waals surface area contributed by atoms with Gasteiger partial charge in [-0.2, -0.15) is 5.26 Å². The van der Waals surface area contributed by atoms with Gasteiger partial charge in [-0.05, 0) is 31.0 Å². The molecule has 11 heteroatoms. The number of amides is 1. The molecular weight excluding hydrogens is 425 g/mol. The van der Waals surface area contributed by atoms with Crippen LogP contribution < -0.4 is 11.0 Å². The fraction of sp³-hybridized carbons (Fsp3) is 0.278. The predicted octanol–water partition coefficient (Wildman–Crippen LogP) is 1.88. The molecule has 0 saturated carbocycles. The van der Waals surface area contributed by atoms with E-state index in [9.17, 15) is 22.4 Å². The number of nitrogens with one attached hydrogen (secondary N) is 1. The fourth-order valence-electron chi connectivity index (χ4n) is 2.64. The lowest BCUT2D eigenvalue weighted by Gasteiger charge is -2.25. The number of sulfone groups is 1. The van der Waals surface area contributed by atoms with Crippen LogP contribution in [0.15, 0.2) is 35.3 Å². The molecule has 0 radical (unpaired) electrons. The quantitative estimate of drug-likeness (QED) is 0.520. The number of carbonyl (C=O) groups excluding carboxylic acids is 1. The van der Waals surface area contributed by atoms with Crippen molar-refractivity contribution in [2.75, 3.05) is 6.26 Å². The zero-order valence-corrected chi connectivity index (χ0v) is 17.0. The average molecular weight is 442 g/mol. The Morgan fingerprint density at radius 1 is 1.41 bits per heavy atom. The summed E-state index contributed by atoms with van der Waals surface area (Å²) in [5, 5.41) is 18.1. The second-order valence-electron chi connectivity index (χ2n) is 6.57. The summed E-state index contributed by atoms with van der Waals surface area (Å²) in [5.74, 6) is -1.95. The van der Waals surface area contributed by atoms with Crippen LogP contribution in [-0.2, 0) is 21.2 Å². The highest BCUT2D eigenvalue weighted by Crippen LogP contribution is 2.26. The van der Waals surface area contributed by atoms with Gasteiger partial charge in [-0.25, -0.2) is 18.3 Å². The van der Waals surface area contributed by atoms with Gasteiger partial charge in [0.15, 0.2) is 14.6 Å². The van der Waals surface area contributed by atoms with Gasteiger partial charge in [-0.3, -0.25) is 14.8 Å². The van der Waals surface area contributed by atoms with Crippen LogP contribution in [0.5, 0.6) is 0 Å². The van der Waals surface area contributed by atoms with E-state index in [4.69, 9.17) is 22.1 Å². The van der Waals surface area contributed by atoms with Gasteiger partial charge >= 0.3 is 0 Å². The van der Waals surface area contributed by atoms with E-state index in [1.54, 1.807) is 0 Å². The molecule has 0 aliphatic carbocycles. The Bertz CT molecular complexity index is 1170. The molecule has 0 bridgehead atoms. The lowest BCUT2D eigenvalue weighted by molar-refractivity contribution is -0.131. The van der Waals surface area contributed by atoms with Crippen LogP contribution in [0, 0.1) is 17.1 Å². The number of hydrogen-bond acceptors (Lipinski definition) is 6. The number of halogens is 2. The van der Waals surface area contributed by atoms with E-state index in [1.807, 2.05) is 6.07 Å². The molecule has 0 spiro atoms. The van der Waals surface area contributed by atoms with Gasteiger partial charge in [-0.15, -0.1) is 0 Å². The van der Waals surface area contributed by atoms with Gasteiger partial charge in [0, 0.05) is 30.6 Å². The van der Waals surface area contributed by atoms with Crippen molar-refractivity contribution in [2.45, 2.75) is 24.6 Å². The Hall–Kier alpha value is -2.74. The van der Waals surface area contributed by atoms with E-state index in [1.165, 1.54) is 23.7 Å². The summed E-state index contributed by atoms with van der Waals surface area (Å²) in [4.78, 5) is 24.2. The Kier molecular flexibility index (Phi) is 6.47. The highest BCUT2D eigenvalue weighted by Gasteiger charge is 2.43. The first-order valence-electron chi connectivity index (χ1n) is 8.18. The molecule has 2 aromatic rings. The molecule has 1 heterocycles. The van der Waals surface area contributed by atoms with Crippen LogP contribution >= 0.6 is 11.6 Å². The van der Waals surface area contributed by atoms with Crippen molar-refractivity contribution < 1.29 is 22.8 Å². The first kappa shape index (κ1) is 22.5. The summed E-state index contributed by atoms with van der Waals surface area (Å²) in [6, 6.07) is 7.08. The van der Waals surface area contributed by atoms with E-state index >= 15 is 0 Å². The van der Waals surface area contributed by atoms with Gasteiger partial charge in [0.2, 0.25) is 0 Å². The normalized spacial score (nSPS) is 13.4. The number of nitrogens with zero attached hydrogens (tertiary/aromatic N) is 2. The second-order valence-corrected chi connectivity index (χ2v) is 9.42. The standard InChI is InChI=1S/C18H17ClFN3O5S/c1-18(17(25)22-26,29(2,27)28)5-6-23-10-15(20)13(8-16(23)24)11-3-4-14(19)12(7-11)9-21/h3-4,7-8,10,26H,5-6H2,1-2H3,(H,22,25). The largest absolute Gasteiger partial charge is 0.312 e. The molecule has 0 aliphatic heterocycles. The van der Waals surface area contributed by atoms with Gasteiger partial charge in [0.1, 0.15) is 11.9 Å². The van der Waals surface area contributed by atoms with Crippen LogP contribution in [0.3, 0.4) is 0 Å². The van der Waals surface area contributed by atoms with E-state index < -0.39 is 31.9 Å². The second kappa shape index (κ2) is 8.32. The molecule has 1 aromatic carbocycles. The van der Waals surface area contributed by atoms with Gasteiger partial charge in [0.05, 0.1) is 10.6 Å². The fourth-order valence-corrected chi connectivity index (χ4v) is 3.64. The number of carbonyl (C=O) groups is 1. The van der Waals surface area contributed by atoms with E-state index in [0.717, 1.165) is 30.0 Å². The highest BCUT2D eigenvalue weighted by molar-refractivity contribution is 7.92. The molecule has 154 valence electrons. The highest BCUT2D eigenvalue weighted by atomic mass is 35.5. The minimum absolute atomic E-state index is 0.0570. The molecular formula is C18H17ClFN3O5S. The van der Waals surface area contributed by atoms with Crippen molar-refractivity contribution >= 4 is 27.3 Å². The number of benzene rings is 1. The number of aromatic nitrogens is 1. The van der Waals surface area contributed by atoms with Crippen LogP contribution in [-0.4, -0.2) is 35.1 Å². The maximum absolute atomic E-state index is 14.6. The lowest BCUT2D eigenvalue weighted by atomic mass is 10.0. The van der Waals surface area contributed by atoms with Crippen LogP contribution in [0.25, 0.3) is 11.1 Å². The molecule has 2 rings (SSSR count). The lowest BCUT2D eigenvalue weighted by Crippen LogP contribution is -2.50. The molecule has 0 fully saturated rings. The minimum atomic E-state index is -3.96. The Morgan fingerprint density at radius 3 is 2.62 bits per heavy atom. The van der Waals surface area contributed by atoms with E-state index in [2.05, 4.69) is 0 Å². The van der Waals surface area contributed by atoms with Crippen LogP contribution in [0.1, 0.15) is 18.9 Å². The monoisotopic (exact) mass is 441 g/mol. The third kappa shape index (κ3) is 4.48.